The molecule has 3 aromatic rings. The zero-order valence-electron chi connectivity index (χ0n) is 15.9. The maximum absolute atomic E-state index is 12.7. The van der Waals surface area contributed by atoms with Gasteiger partial charge in [-0.3, -0.25) is 14.3 Å². The molecular weight excluding hydrogens is 370 g/mol. The molecule has 7 heteroatoms. The van der Waals surface area contributed by atoms with E-state index in [-0.39, 0.29) is 5.91 Å². The first kappa shape index (κ1) is 18.7. The lowest BCUT2D eigenvalue weighted by Crippen LogP contribution is -2.42. The van der Waals surface area contributed by atoms with Crippen molar-refractivity contribution >= 4 is 17.7 Å². The van der Waals surface area contributed by atoms with Crippen molar-refractivity contribution in [2.24, 2.45) is 0 Å². The number of amides is 1. The molecule has 6 nitrogen and oxygen atoms in total. The molecule has 1 aromatic carbocycles. The average Bonchev–Trinajstić information content (AvgIpc) is 3.17. The first-order valence-corrected chi connectivity index (χ1v) is 10.6. The summed E-state index contributed by atoms with van der Waals surface area (Å²) in [5.74, 6) is 1.28. The summed E-state index contributed by atoms with van der Waals surface area (Å²) in [5, 5.41) is 9.52. The van der Waals surface area contributed by atoms with Crippen LogP contribution in [-0.2, 0) is 4.79 Å². The van der Waals surface area contributed by atoms with Crippen molar-refractivity contribution in [1.82, 2.24) is 24.6 Å². The normalized spacial score (nSPS) is 16.9. The molecule has 0 bridgehead atoms. The molecule has 3 heterocycles. The van der Waals surface area contributed by atoms with Crippen molar-refractivity contribution < 1.29 is 4.79 Å². The van der Waals surface area contributed by atoms with Gasteiger partial charge >= 0.3 is 0 Å². The Kier molecular flexibility index (Phi) is 5.71. The minimum absolute atomic E-state index is 0.172. The molecular formula is C21H23N5OS. The van der Waals surface area contributed by atoms with Crippen LogP contribution in [0.25, 0.3) is 17.1 Å². The van der Waals surface area contributed by atoms with E-state index in [9.17, 15) is 4.79 Å². The molecule has 0 aliphatic carbocycles. The van der Waals surface area contributed by atoms with Crippen LogP contribution in [-0.4, -0.2) is 48.9 Å². The zero-order chi connectivity index (χ0) is 19.3. The number of nitrogens with zero attached hydrogens (tertiary/aromatic N) is 5. The van der Waals surface area contributed by atoms with Gasteiger partial charge in [0.2, 0.25) is 5.91 Å². The van der Waals surface area contributed by atoms with Crippen LogP contribution >= 0.6 is 11.8 Å². The molecule has 1 saturated heterocycles. The lowest BCUT2D eigenvalue weighted by molar-refractivity contribution is -0.131. The number of likely N-dealkylation sites (tertiary alicyclic amines) is 1. The van der Waals surface area contributed by atoms with Crippen LogP contribution in [0.1, 0.15) is 26.2 Å². The zero-order valence-corrected chi connectivity index (χ0v) is 16.7. The summed E-state index contributed by atoms with van der Waals surface area (Å²) in [6.45, 7) is 2.99. The number of aromatic nitrogens is 4. The molecule has 1 atom stereocenters. The van der Waals surface area contributed by atoms with Gasteiger partial charge < -0.3 is 4.90 Å². The highest BCUT2D eigenvalue weighted by atomic mass is 32.2. The van der Waals surface area contributed by atoms with Crippen molar-refractivity contribution in [3.63, 3.8) is 0 Å². The predicted molar refractivity (Wildman–Crippen MR) is 110 cm³/mol. The highest BCUT2D eigenvalue weighted by Crippen LogP contribution is 2.28. The maximum atomic E-state index is 12.7. The highest BCUT2D eigenvalue weighted by molar-refractivity contribution is 7.99. The van der Waals surface area contributed by atoms with Gasteiger partial charge in [0.25, 0.3) is 0 Å². The van der Waals surface area contributed by atoms with Gasteiger partial charge in [-0.15, -0.1) is 10.2 Å². The Morgan fingerprint density at radius 1 is 1.11 bits per heavy atom. The van der Waals surface area contributed by atoms with Crippen molar-refractivity contribution in [2.75, 3.05) is 12.3 Å². The van der Waals surface area contributed by atoms with Crippen molar-refractivity contribution in [3.05, 3.63) is 54.9 Å². The Labute approximate surface area is 169 Å². The second kappa shape index (κ2) is 8.56. The number of hydrogen-bond donors (Lipinski definition) is 0. The summed E-state index contributed by atoms with van der Waals surface area (Å²) in [7, 11) is 0. The van der Waals surface area contributed by atoms with Gasteiger partial charge in [0, 0.05) is 36.2 Å². The molecule has 0 saturated carbocycles. The number of hydrogen-bond acceptors (Lipinski definition) is 5. The number of para-hydroxylation sites is 1. The first-order valence-electron chi connectivity index (χ1n) is 9.57. The van der Waals surface area contributed by atoms with E-state index < -0.39 is 0 Å². The van der Waals surface area contributed by atoms with Crippen LogP contribution in [0.5, 0.6) is 0 Å². The van der Waals surface area contributed by atoms with E-state index in [0.29, 0.717) is 11.8 Å². The summed E-state index contributed by atoms with van der Waals surface area (Å²) >= 11 is 1.44. The summed E-state index contributed by atoms with van der Waals surface area (Å²) in [4.78, 5) is 18.8. The van der Waals surface area contributed by atoms with E-state index in [4.69, 9.17) is 0 Å². The third-order valence-corrected chi connectivity index (χ3v) is 5.95. The maximum Gasteiger partial charge on any atom is 0.233 e. The predicted octanol–water partition coefficient (Wildman–Crippen LogP) is 3.82. The Morgan fingerprint density at radius 2 is 1.89 bits per heavy atom. The van der Waals surface area contributed by atoms with E-state index in [1.165, 1.54) is 18.2 Å². The van der Waals surface area contributed by atoms with E-state index in [1.807, 2.05) is 51.9 Å². The van der Waals surface area contributed by atoms with Crippen molar-refractivity contribution in [2.45, 2.75) is 37.4 Å². The number of thioether (sulfide) groups is 1. The Morgan fingerprint density at radius 3 is 2.64 bits per heavy atom. The van der Waals surface area contributed by atoms with E-state index in [0.717, 1.165) is 41.6 Å². The Balaban J connectivity index is 1.60. The number of carbonyl (C=O) groups excluding carboxylic acids is 1. The molecule has 0 spiro atoms. The van der Waals surface area contributed by atoms with Gasteiger partial charge in [-0.05, 0) is 50.5 Å². The monoisotopic (exact) mass is 393 g/mol. The fourth-order valence-corrected chi connectivity index (χ4v) is 4.38. The molecule has 4 rings (SSSR count). The van der Waals surface area contributed by atoms with E-state index in [2.05, 4.69) is 22.1 Å². The number of benzene rings is 1. The third-order valence-electron chi connectivity index (χ3n) is 5.03. The molecule has 2 aromatic heterocycles. The Bertz CT molecular complexity index is 928. The molecule has 1 aliphatic rings. The minimum atomic E-state index is 0.172. The fraction of sp³-hybridized carbons (Fsp3) is 0.333. The molecule has 0 N–H and O–H groups in total. The van der Waals surface area contributed by atoms with Crippen LogP contribution in [0.15, 0.2) is 60.0 Å². The first-order chi connectivity index (χ1) is 13.7. The van der Waals surface area contributed by atoms with Gasteiger partial charge in [0.15, 0.2) is 11.0 Å². The van der Waals surface area contributed by atoms with Crippen LogP contribution in [0.4, 0.5) is 0 Å². The second-order valence-electron chi connectivity index (χ2n) is 6.93. The van der Waals surface area contributed by atoms with Crippen LogP contribution in [0.2, 0.25) is 0 Å². The average molecular weight is 394 g/mol. The molecule has 1 amide bonds. The van der Waals surface area contributed by atoms with Gasteiger partial charge in [-0.25, -0.2) is 0 Å². The number of pyridine rings is 1. The number of piperidine rings is 1. The third kappa shape index (κ3) is 3.94. The van der Waals surface area contributed by atoms with Crippen LogP contribution < -0.4 is 0 Å². The van der Waals surface area contributed by atoms with Gasteiger partial charge in [0.1, 0.15) is 0 Å². The molecule has 1 aliphatic heterocycles. The van der Waals surface area contributed by atoms with Crippen LogP contribution in [0.3, 0.4) is 0 Å². The Hall–Kier alpha value is -2.67. The summed E-state index contributed by atoms with van der Waals surface area (Å²) < 4.78 is 2.01. The molecule has 0 unspecified atom stereocenters. The summed E-state index contributed by atoms with van der Waals surface area (Å²) in [6.07, 6.45) is 6.87. The van der Waals surface area contributed by atoms with Crippen LogP contribution in [0, 0.1) is 0 Å². The lowest BCUT2D eigenvalue weighted by atomic mass is 10.0. The van der Waals surface area contributed by atoms with Crippen molar-refractivity contribution in [1.29, 1.82) is 0 Å². The molecule has 28 heavy (non-hydrogen) atoms. The molecule has 0 radical (unpaired) electrons. The molecule has 144 valence electrons. The summed E-state index contributed by atoms with van der Waals surface area (Å²) in [6, 6.07) is 14.1. The highest BCUT2D eigenvalue weighted by Gasteiger charge is 2.24. The van der Waals surface area contributed by atoms with E-state index in [1.54, 1.807) is 12.4 Å². The number of rotatable bonds is 5. The topological polar surface area (TPSA) is 63.9 Å². The second-order valence-corrected chi connectivity index (χ2v) is 7.88. The fourth-order valence-electron chi connectivity index (χ4n) is 3.54. The quantitative estimate of drug-likeness (QED) is 0.617. The standard InChI is InChI=1S/C21H23N5OS/c1-16-7-5-6-14-25(16)19(27)15-28-21-24-23-20(17-10-12-22-13-11-17)26(21)18-8-3-2-4-9-18/h2-4,8-13,16H,5-7,14-15H2,1H3/t16-/m0/s1. The SMILES string of the molecule is C[C@H]1CCCCN1C(=O)CSc1nnc(-c2ccncc2)n1-c1ccccc1. The molecule has 1 fully saturated rings. The van der Waals surface area contributed by atoms with Crippen molar-refractivity contribution in [3.8, 4) is 17.1 Å². The summed E-state index contributed by atoms with van der Waals surface area (Å²) in [5.41, 5.74) is 1.91. The lowest BCUT2D eigenvalue weighted by Gasteiger charge is -2.33. The van der Waals surface area contributed by atoms with Gasteiger partial charge in [-0.1, -0.05) is 30.0 Å². The minimum Gasteiger partial charge on any atom is -0.339 e. The van der Waals surface area contributed by atoms with E-state index >= 15 is 0 Å². The number of carbonyl (C=O) groups is 1. The smallest absolute Gasteiger partial charge is 0.233 e. The van der Waals surface area contributed by atoms with Gasteiger partial charge in [0.05, 0.1) is 5.75 Å². The largest absolute Gasteiger partial charge is 0.339 e. The van der Waals surface area contributed by atoms with Gasteiger partial charge in [-0.2, -0.15) is 0 Å².